The molecule has 1 N–H and O–H groups in total. The van der Waals surface area contributed by atoms with Crippen LogP contribution in [0.3, 0.4) is 0 Å². The minimum atomic E-state index is -0.310. The number of amides is 1. The molecule has 32 heavy (non-hydrogen) atoms. The molecule has 0 aliphatic carbocycles. The molecule has 3 heterocycles. The fourth-order valence-electron chi connectivity index (χ4n) is 3.71. The monoisotopic (exact) mass is 444 g/mol. The van der Waals surface area contributed by atoms with Gasteiger partial charge in [0.25, 0.3) is 11.9 Å². The zero-order valence-corrected chi connectivity index (χ0v) is 18.8. The first-order valence-corrected chi connectivity index (χ1v) is 10.9. The maximum Gasteiger partial charge on any atom is 0.258 e. The van der Waals surface area contributed by atoms with Gasteiger partial charge in [-0.05, 0) is 57.0 Å². The van der Waals surface area contributed by atoms with Gasteiger partial charge in [0.1, 0.15) is 11.3 Å². The Morgan fingerprint density at radius 2 is 1.81 bits per heavy atom. The first kappa shape index (κ1) is 20.1. The lowest BCUT2D eigenvalue weighted by Gasteiger charge is -2.07. The van der Waals surface area contributed by atoms with Gasteiger partial charge in [0.2, 0.25) is 4.96 Å². The number of carbonyl (C=O) groups excluding carboxylic acids is 1. The summed E-state index contributed by atoms with van der Waals surface area (Å²) in [6.45, 7) is 7.85. The number of thiazole rings is 1. The molecule has 0 saturated heterocycles. The summed E-state index contributed by atoms with van der Waals surface area (Å²) in [7, 11) is 0. The Morgan fingerprint density at radius 3 is 2.53 bits per heavy atom. The van der Waals surface area contributed by atoms with Gasteiger partial charge in [-0.3, -0.25) is 14.9 Å². The highest BCUT2D eigenvalue weighted by atomic mass is 32.1. The molecule has 0 aliphatic rings. The number of aryl methyl sites for hydroxylation is 4. The van der Waals surface area contributed by atoms with E-state index in [9.17, 15) is 9.59 Å². The third-order valence-electron chi connectivity index (χ3n) is 5.46. The summed E-state index contributed by atoms with van der Waals surface area (Å²) in [5, 5.41) is 7.66. The predicted molar refractivity (Wildman–Crippen MR) is 126 cm³/mol. The van der Waals surface area contributed by atoms with Crippen LogP contribution in [0.15, 0.2) is 51.7 Å². The molecule has 2 aromatic carbocycles. The molecular weight excluding hydrogens is 424 g/mol. The number of nitrogens with zero attached hydrogens (tertiary/aromatic N) is 3. The topological polar surface area (TPSA) is 89.5 Å². The van der Waals surface area contributed by atoms with Gasteiger partial charge in [-0.2, -0.15) is 4.98 Å². The molecule has 0 radical (unpaired) electrons. The second kappa shape index (κ2) is 7.42. The van der Waals surface area contributed by atoms with E-state index in [2.05, 4.69) is 15.4 Å². The molecule has 0 fully saturated rings. The van der Waals surface area contributed by atoms with Crippen molar-refractivity contribution in [3.8, 4) is 11.3 Å². The number of nitrogens with one attached hydrogen (secondary N) is 1. The van der Waals surface area contributed by atoms with Crippen molar-refractivity contribution in [2.75, 3.05) is 5.32 Å². The average molecular weight is 445 g/mol. The van der Waals surface area contributed by atoms with Crippen molar-refractivity contribution in [3.05, 3.63) is 79.9 Å². The van der Waals surface area contributed by atoms with Crippen LogP contribution in [0.5, 0.6) is 0 Å². The van der Waals surface area contributed by atoms with Gasteiger partial charge in [0.05, 0.1) is 11.1 Å². The number of aromatic nitrogens is 3. The summed E-state index contributed by atoms with van der Waals surface area (Å²) >= 11 is 1.53. The Hall–Kier alpha value is -3.78. The van der Waals surface area contributed by atoms with Gasteiger partial charge < -0.3 is 4.42 Å². The summed E-state index contributed by atoms with van der Waals surface area (Å²) in [6.07, 6.45) is 0. The van der Waals surface area contributed by atoms with E-state index in [4.69, 9.17) is 4.42 Å². The van der Waals surface area contributed by atoms with E-state index in [-0.39, 0.29) is 17.3 Å². The van der Waals surface area contributed by atoms with Crippen molar-refractivity contribution in [1.82, 2.24) is 14.6 Å². The lowest BCUT2D eigenvalue weighted by Crippen LogP contribution is -2.13. The smallest absolute Gasteiger partial charge is 0.258 e. The molecule has 5 aromatic rings. The van der Waals surface area contributed by atoms with E-state index >= 15 is 0 Å². The SMILES string of the molecule is Cc1cc(C)c2oc(-c3ccc(C(=O)Nc4nc5sc(C)c(C)n5n4)cc3)cc(=O)c2c1. The van der Waals surface area contributed by atoms with E-state index < -0.39 is 0 Å². The summed E-state index contributed by atoms with van der Waals surface area (Å²) in [6, 6.07) is 12.2. The van der Waals surface area contributed by atoms with E-state index in [0.717, 1.165) is 26.7 Å². The number of anilines is 1. The molecule has 160 valence electrons. The summed E-state index contributed by atoms with van der Waals surface area (Å²) in [5.74, 6) is 0.415. The number of hydrogen-bond acceptors (Lipinski definition) is 6. The van der Waals surface area contributed by atoms with Crippen LogP contribution < -0.4 is 10.7 Å². The van der Waals surface area contributed by atoms with Gasteiger partial charge in [-0.1, -0.05) is 29.5 Å². The highest BCUT2D eigenvalue weighted by molar-refractivity contribution is 7.17. The van der Waals surface area contributed by atoms with Crippen molar-refractivity contribution in [2.24, 2.45) is 0 Å². The molecule has 3 aromatic heterocycles. The van der Waals surface area contributed by atoms with Crippen molar-refractivity contribution in [3.63, 3.8) is 0 Å². The van der Waals surface area contributed by atoms with Crippen molar-refractivity contribution >= 4 is 39.1 Å². The normalized spacial score (nSPS) is 11.4. The zero-order valence-electron chi connectivity index (χ0n) is 18.0. The van der Waals surface area contributed by atoms with E-state index in [1.54, 1.807) is 28.8 Å². The van der Waals surface area contributed by atoms with E-state index in [1.807, 2.05) is 39.8 Å². The summed E-state index contributed by atoms with van der Waals surface area (Å²) in [4.78, 5) is 31.5. The standard InChI is InChI=1S/C24H20N4O3S/c1-12-9-13(2)21-18(10-12)19(29)11-20(31-21)16-5-7-17(8-6-16)22(30)25-23-26-24-28(27-23)14(3)15(4)32-24/h5-11H,1-4H3,(H,25,27,30). The second-order valence-corrected chi connectivity index (χ2v) is 9.02. The van der Waals surface area contributed by atoms with Gasteiger partial charge in [0, 0.05) is 22.1 Å². The molecule has 0 atom stereocenters. The minimum absolute atomic E-state index is 0.0915. The van der Waals surface area contributed by atoms with Crippen LogP contribution in [0.1, 0.15) is 32.1 Å². The number of benzene rings is 2. The average Bonchev–Trinajstić information content (AvgIpc) is 3.26. The number of carbonyl (C=O) groups is 1. The Bertz CT molecular complexity index is 1580. The highest BCUT2D eigenvalue weighted by Gasteiger charge is 2.15. The van der Waals surface area contributed by atoms with Crippen LogP contribution in [0.2, 0.25) is 0 Å². The Morgan fingerprint density at radius 1 is 1.06 bits per heavy atom. The lowest BCUT2D eigenvalue weighted by atomic mass is 10.1. The molecule has 0 saturated carbocycles. The summed E-state index contributed by atoms with van der Waals surface area (Å²) < 4.78 is 7.76. The van der Waals surface area contributed by atoms with Crippen LogP contribution in [0.4, 0.5) is 5.95 Å². The second-order valence-electron chi connectivity index (χ2n) is 7.84. The van der Waals surface area contributed by atoms with Crippen LogP contribution in [0, 0.1) is 27.7 Å². The first-order valence-electron chi connectivity index (χ1n) is 10.1. The summed E-state index contributed by atoms with van der Waals surface area (Å²) in [5.41, 5.74) is 4.59. The number of fused-ring (bicyclic) bond motifs is 2. The van der Waals surface area contributed by atoms with Gasteiger partial charge in [0.15, 0.2) is 5.43 Å². The largest absolute Gasteiger partial charge is 0.456 e. The van der Waals surface area contributed by atoms with Crippen LogP contribution in [-0.4, -0.2) is 20.5 Å². The Labute approximate surface area is 187 Å². The van der Waals surface area contributed by atoms with Gasteiger partial charge in [-0.15, -0.1) is 5.10 Å². The Balaban J connectivity index is 1.42. The van der Waals surface area contributed by atoms with Gasteiger partial charge in [-0.25, -0.2) is 4.52 Å². The number of rotatable bonds is 3. The minimum Gasteiger partial charge on any atom is -0.456 e. The van der Waals surface area contributed by atoms with Crippen LogP contribution in [-0.2, 0) is 0 Å². The lowest BCUT2D eigenvalue weighted by molar-refractivity contribution is 0.102. The fraction of sp³-hybridized carbons (Fsp3) is 0.167. The van der Waals surface area contributed by atoms with E-state index in [1.165, 1.54) is 17.4 Å². The molecular formula is C24H20N4O3S. The molecule has 1 amide bonds. The molecule has 8 heteroatoms. The molecule has 0 bridgehead atoms. The fourth-order valence-corrected chi connectivity index (χ4v) is 4.61. The molecule has 5 rings (SSSR count). The predicted octanol–water partition coefficient (Wildman–Crippen LogP) is 5.05. The molecule has 0 unspecified atom stereocenters. The highest BCUT2D eigenvalue weighted by Crippen LogP contribution is 2.26. The molecule has 0 spiro atoms. The third kappa shape index (κ3) is 3.38. The van der Waals surface area contributed by atoms with Gasteiger partial charge >= 0.3 is 0 Å². The van der Waals surface area contributed by atoms with Crippen LogP contribution >= 0.6 is 11.3 Å². The van der Waals surface area contributed by atoms with Crippen LogP contribution in [0.25, 0.3) is 27.3 Å². The van der Waals surface area contributed by atoms with Crippen molar-refractivity contribution in [1.29, 1.82) is 0 Å². The Kier molecular flexibility index (Phi) is 4.67. The van der Waals surface area contributed by atoms with Crippen molar-refractivity contribution in [2.45, 2.75) is 27.7 Å². The quantitative estimate of drug-likeness (QED) is 0.421. The zero-order chi connectivity index (χ0) is 22.6. The maximum absolute atomic E-state index is 12.6. The van der Waals surface area contributed by atoms with Crippen molar-refractivity contribution < 1.29 is 9.21 Å². The maximum atomic E-state index is 12.6. The third-order valence-corrected chi connectivity index (χ3v) is 6.51. The number of hydrogen-bond donors (Lipinski definition) is 1. The van der Waals surface area contributed by atoms with E-state index in [0.29, 0.717) is 27.9 Å². The first-order chi connectivity index (χ1) is 15.3. The molecule has 0 aliphatic heterocycles. The molecule has 7 nitrogen and oxygen atoms in total.